The number of aromatic carboxylic acids is 2. The van der Waals surface area contributed by atoms with E-state index < -0.39 is 28.9 Å². The standard InChI is InChI=1S/C7H2Br2O6/c8-1-3(10)2(9)5(7(13)14)15-4(1)6(11)12/h(H,11,12)(H,13,14). The van der Waals surface area contributed by atoms with Crippen LogP contribution in [0.4, 0.5) is 0 Å². The van der Waals surface area contributed by atoms with Crippen molar-refractivity contribution >= 4 is 43.8 Å². The van der Waals surface area contributed by atoms with E-state index >= 15 is 0 Å². The van der Waals surface area contributed by atoms with Crippen LogP contribution in [0.2, 0.25) is 0 Å². The molecule has 0 radical (unpaired) electrons. The highest BCUT2D eigenvalue weighted by Gasteiger charge is 2.23. The van der Waals surface area contributed by atoms with Crippen LogP contribution in [0.15, 0.2) is 18.2 Å². The third kappa shape index (κ3) is 2.10. The smallest absolute Gasteiger partial charge is 0.373 e. The van der Waals surface area contributed by atoms with Crippen LogP contribution in [0.25, 0.3) is 0 Å². The molecule has 0 fully saturated rings. The Hall–Kier alpha value is -1.15. The second-order valence-corrected chi connectivity index (χ2v) is 3.91. The Labute approximate surface area is 98.8 Å². The molecule has 0 aliphatic heterocycles. The molecule has 1 heterocycles. The number of hydrogen-bond acceptors (Lipinski definition) is 4. The zero-order valence-electron chi connectivity index (χ0n) is 6.78. The van der Waals surface area contributed by atoms with Gasteiger partial charge in [-0.1, -0.05) is 0 Å². The molecule has 8 heteroatoms. The first-order valence-corrected chi connectivity index (χ1v) is 4.93. The molecule has 1 rings (SSSR count). The summed E-state index contributed by atoms with van der Waals surface area (Å²) >= 11 is 5.41. The van der Waals surface area contributed by atoms with Crippen molar-refractivity contribution in [2.75, 3.05) is 0 Å². The lowest BCUT2D eigenvalue weighted by molar-refractivity contribution is 0.0620. The molecule has 6 nitrogen and oxygen atoms in total. The molecule has 0 spiro atoms. The Bertz CT molecular complexity index is 462. The fraction of sp³-hybridized carbons (Fsp3) is 0. The molecule has 0 aliphatic carbocycles. The number of hydrogen-bond donors (Lipinski definition) is 2. The van der Waals surface area contributed by atoms with E-state index in [0.29, 0.717) is 0 Å². The maximum absolute atomic E-state index is 11.3. The average molecular weight is 342 g/mol. The van der Waals surface area contributed by atoms with Gasteiger partial charge in [-0.2, -0.15) is 0 Å². The fourth-order valence-electron chi connectivity index (χ4n) is 0.769. The van der Waals surface area contributed by atoms with E-state index in [1.807, 2.05) is 0 Å². The predicted molar refractivity (Wildman–Crippen MR) is 54.3 cm³/mol. The first-order chi connectivity index (χ1) is 6.86. The number of halogens is 2. The highest BCUT2D eigenvalue weighted by atomic mass is 79.9. The maximum atomic E-state index is 11.3. The summed E-state index contributed by atoms with van der Waals surface area (Å²) in [6.45, 7) is 0. The van der Waals surface area contributed by atoms with Crippen molar-refractivity contribution in [1.82, 2.24) is 0 Å². The van der Waals surface area contributed by atoms with Crippen LogP contribution in [0.5, 0.6) is 0 Å². The van der Waals surface area contributed by atoms with Crippen molar-refractivity contribution in [3.63, 3.8) is 0 Å². The molecule has 1 aromatic heterocycles. The van der Waals surface area contributed by atoms with Gasteiger partial charge in [0.1, 0.15) is 8.95 Å². The molecular formula is C7H2Br2O6. The normalized spacial score (nSPS) is 10.0. The zero-order valence-corrected chi connectivity index (χ0v) is 9.96. The third-order valence-corrected chi connectivity index (χ3v) is 2.83. The van der Waals surface area contributed by atoms with Crippen molar-refractivity contribution in [2.45, 2.75) is 0 Å². The highest BCUT2D eigenvalue weighted by Crippen LogP contribution is 2.20. The van der Waals surface area contributed by atoms with E-state index in [4.69, 9.17) is 10.2 Å². The van der Waals surface area contributed by atoms with Gasteiger partial charge in [0.25, 0.3) is 0 Å². The number of rotatable bonds is 2. The number of carbonyl (C=O) groups is 2. The summed E-state index contributed by atoms with van der Waals surface area (Å²) in [5.74, 6) is -4.57. The monoisotopic (exact) mass is 340 g/mol. The second-order valence-electron chi connectivity index (χ2n) is 2.33. The van der Waals surface area contributed by atoms with Gasteiger partial charge < -0.3 is 14.6 Å². The third-order valence-electron chi connectivity index (χ3n) is 1.39. The molecule has 1 aromatic rings. The van der Waals surface area contributed by atoms with Crippen molar-refractivity contribution < 1.29 is 24.2 Å². The van der Waals surface area contributed by atoms with Crippen LogP contribution >= 0.6 is 31.9 Å². The number of carboxylic acid groups (broad SMARTS) is 2. The summed E-state index contributed by atoms with van der Waals surface area (Å²) in [5.41, 5.74) is -0.795. The molecule has 80 valence electrons. The zero-order chi connectivity index (χ0) is 11.7. The predicted octanol–water partition coefficient (Wildman–Crippen LogP) is 1.56. The lowest BCUT2D eigenvalue weighted by atomic mass is 10.3. The summed E-state index contributed by atoms with van der Waals surface area (Å²) < 4.78 is 3.87. The van der Waals surface area contributed by atoms with E-state index in [9.17, 15) is 14.4 Å². The van der Waals surface area contributed by atoms with Gasteiger partial charge >= 0.3 is 11.9 Å². The molecular weight excluding hydrogens is 340 g/mol. The summed E-state index contributed by atoms with van der Waals surface area (Å²) in [4.78, 5) is 32.5. The summed E-state index contributed by atoms with van der Waals surface area (Å²) in [5, 5.41) is 17.2. The summed E-state index contributed by atoms with van der Waals surface area (Å²) in [7, 11) is 0. The molecule has 0 aliphatic rings. The average Bonchev–Trinajstić information content (AvgIpc) is 2.13. The van der Waals surface area contributed by atoms with Crippen molar-refractivity contribution in [1.29, 1.82) is 0 Å². The molecule has 0 atom stereocenters. The van der Waals surface area contributed by atoms with E-state index in [-0.39, 0.29) is 8.95 Å². The quantitative estimate of drug-likeness (QED) is 0.845. The topological polar surface area (TPSA) is 105 Å². The maximum Gasteiger partial charge on any atom is 0.373 e. The Morgan fingerprint density at radius 3 is 1.60 bits per heavy atom. The first-order valence-electron chi connectivity index (χ1n) is 3.35. The van der Waals surface area contributed by atoms with Gasteiger partial charge in [0.2, 0.25) is 16.9 Å². The molecule has 0 saturated heterocycles. The largest absolute Gasteiger partial charge is 0.475 e. The van der Waals surface area contributed by atoms with Gasteiger partial charge in [0.05, 0.1) is 0 Å². The van der Waals surface area contributed by atoms with Crippen molar-refractivity contribution in [2.24, 2.45) is 0 Å². The van der Waals surface area contributed by atoms with E-state index in [1.54, 1.807) is 0 Å². The van der Waals surface area contributed by atoms with E-state index in [0.717, 1.165) is 0 Å². The first kappa shape index (κ1) is 11.9. The van der Waals surface area contributed by atoms with Crippen LogP contribution < -0.4 is 5.43 Å². The lowest BCUT2D eigenvalue weighted by Gasteiger charge is -2.01. The summed E-state index contributed by atoms with van der Waals surface area (Å²) in [6.07, 6.45) is 0. The van der Waals surface area contributed by atoms with E-state index in [1.165, 1.54) is 0 Å². The van der Waals surface area contributed by atoms with Gasteiger partial charge in [-0.3, -0.25) is 4.79 Å². The van der Waals surface area contributed by atoms with Gasteiger partial charge in [-0.15, -0.1) is 0 Å². The molecule has 0 saturated carbocycles. The minimum atomic E-state index is -1.53. The molecule has 0 unspecified atom stereocenters. The van der Waals surface area contributed by atoms with Crippen molar-refractivity contribution in [3.05, 3.63) is 30.7 Å². The van der Waals surface area contributed by atoms with Gasteiger partial charge in [-0.05, 0) is 31.9 Å². The fourth-order valence-corrected chi connectivity index (χ4v) is 1.93. The van der Waals surface area contributed by atoms with Gasteiger partial charge in [-0.25, -0.2) is 9.59 Å². The van der Waals surface area contributed by atoms with Gasteiger partial charge in [0, 0.05) is 0 Å². The molecule has 0 amide bonds. The van der Waals surface area contributed by atoms with Crippen LogP contribution in [-0.2, 0) is 0 Å². The SMILES string of the molecule is O=C(O)c1oc(C(=O)O)c(Br)c(=O)c1Br. The Kier molecular flexibility index (Phi) is 3.30. The van der Waals surface area contributed by atoms with Crippen LogP contribution in [0.1, 0.15) is 21.1 Å². The van der Waals surface area contributed by atoms with Crippen molar-refractivity contribution in [3.8, 4) is 0 Å². The highest BCUT2D eigenvalue weighted by molar-refractivity contribution is 9.11. The molecule has 2 N–H and O–H groups in total. The van der Waals surface area contributed by atoms with Crippen LogP contribution in [-0.4, -0.2) is 22.2 Å². The lowest BCUT2D eigenvalue weighted by Crippen LogP contribution is -2.15. The summed E-state index contributed by atoms with van der Waals surface area (Å²) in [6, 6.07) is 0. The molecule has 15 heavy (non-hydrogen) atoms. The Morgan fingerprint density at radius 2 is 1.33 bits per heavy atom. The second kappa shape index (κ2) is 4.15. The minimum absolute atomic E-state index is 0.341. The van der Waals surface area contributed by atoms with Crippen LogP contribution in [0, 0.1) is 0 Å². The molecule has 0 bridgehead atoms. The Balaban J connectivity index is 3.67. The number of carboxylic acids is 2. The van der Waals surface area contributed by atoms with E-state index in [2.05, 4.69) is 36.3 Å². The van der Waals surface area contributed by atoms with Crippen LogP contribution in [0.3, 0.4) is 0 Å². The Morgan fingerprint density at radius 1 is 1.00 bits per heavy atom. The minimum Gasteiger partial charge on any atom is -0.475 e. The molecule has 0 aromatic carbocycles. The van der Waals surface area contributed by atoms with Gasteiger partial charge in [0.15, 0.2) is 0 Å².